The van der Waals surface area contributed by atoms with Gasteiger partial charge in [-0.25, -0.2) is 0 Å². The third kappa shape index (κ3) is 1.75. The van der Waals surface area contributed by atoms with Crippen LogP contribution >= 0.6 is 9.90 Å². The van der Waals surface area contributed by atoms with Crippen molar-refractivity contribution in [2.75, 3.05) is 0 Å². The van der Waals surface area contributed by atoms with Crippen LogP contribution in [0.5, 0.6) is 11.5 Å². The molecule has 0 spiro atoms. The van der Waals surface area contributed by atoms with Gasteiger partial charge in [-0.1, -0.05) is 36.4 Å². The van der Waals surface area contributed by atoms with Gasteiger partial charge in [0.1, 0.15) is 11.5 Å². The molecule has 0 radical (unpaired) electrons. The molecule has 2 aromatic carbocycles. The first-order chi connectivity index (χ1) is 6.93. The molecular formula is C13H13OP. The fourth-order valence-corrected chi connectivity index (χ4v) is 1.82. The van der Waals surface area contributed by atoms with E-state index in [0.717, 1.165) is 17.9 Å². The summed E-state index contributed by atoms with van der Waals surface area (Å²) in [6.07, 6.45) is 0.979. The van der Waals surface area contributed by atoms with Crippen molar-refractivity contribution < 1.29 is 4.74 Å². The predicted octanol–water partition coefficient (Wildman–Crippen LogP) is 3.44. The Morgan fingerprint density at radius 3 is 1.73 bits per heavy atom. The van der Waals surface area contributed by atoms with Crippen molar-refractivity contribution in [2.45, 2.75) is 6.42 Å². The number of ether oxygens (including phenoxy) is 1. The van der Waals surface area contributed by atoms with Crippen molar-refractivity contribution in [3.8, 4) is 11.5 Å². The van der Waals surface area contributed by atoms with Crippen LogP contribution in [0.2, 0.25) is 0 Å². The molecular weight excluding hydrogens is 203 g/mol. The third-order valence-corrected chi connectivity index (χ3v) is 2.55. The fraction of sp³-hybridized carbons (Fsp3) is 0.0769. The summed E-state index contributed by atoms with van der Waals surface area (Å²) >= 11 is 0. The summed E-state index contributed by atoms with van der Waals surface area (Å²) in [6, 6.07) is 16.4. The van der Waals surface area contributed by atoms with Gasteiger partial charge in [0.2, 0.25) is 0 Å². The Morgan fingerprint density at radius 2 is 1.20 bits per heavy atom. The molecule has 0 saturated heterocycles. The normalized spacial score (nSPS) is 11.7. The fourth-order valence-electron chi connectivity index (χ4n) is 1.82. The standard InChI is InChI=1S/C13H10O.H3P/c1-3-7-12-10(5-1)9-11-6-2-4-8-13(11)14-12;/h1-8H,9H2;1H3. The number of hydrogen-bond donors (Lipinski definition) is 0. The minimum absolute atomic E-state index is 0. The largest absolute Gasteiger partial charge is 0.457 e. The van der Waals surface area contributed by atoms with Crippen LogP contribution in [-0.4, -0.2) is 0 Å². The molecule has 0 bridgehead atoms. The maximum absolute atomic E-state index is 5.78. The molecule has 3 rings (SSSR count). The molecule has 0 aliphatic carbocycles. The number of benzene rings is 2. The molecule has 1 atom stereocenters. The SMILES string of the molecule is P.c1ccc2c(c1)Cc1ccccc1O2. The van der Waals surface area contributed by atoms with Crippen molar-refractivity contribution in [2.24, 2.45) is 0 Å². The lowest BCUT2D eigenvalue weighted by Gasteiger charge is -2.19. The molecule has 1 heterocycles. The van der Waals surface area contributed by atoms with Gasteiger partial charge in [0.05, 0.1) is 0 Å². The lowest BCUT2D eigenvalue weighted by Crippen LogP contribution is -2.01. The topological polar surface area (TPSA) is 9.23 Å². The zero-order valence-corrected chi connectivity index (χ0v) is 9.86. The van der Waals surface area contributed by atoms with E-state index in [0.29, 0.717) is 0 Å². The number of rotatable bonds is 0. The van der Waals surface area contributed by atoms with E-state index in [9.17, 15) is 0 Å². The van der Waals surface area contributed by atoms with Crippen LogP contribution in [-0.2, 0) is 6.42 Å². The molecule has 2 aromatic rings. The van der Waals surface area contributed by atoms with E-state index < -0.39 is 0 Å². The first-order valence-corrected chi connectivity index (χ1v) is 4.77. The highest BCUT2D eigenvalue weighted by molar-refractivity contribution is 6.92. The third-order valence-electron chi connectivity index (χ3n) is 2.55. The van der Waals surface area contributed by atoms with E-state index in [4.69, 9.17) is 4.74 Å². The maximum atomic E-state index is 5.78. The minimum Gasteiger partial charge on any atom is -0.457 e. The van der Waals surface area contributed by atoms with Crippen molar-refractivity contribution in [3.05, 3.63) is 59.7 Å². The Labute approximate surface area is 92.7 Å². The van der Waals surface area contributed by atoms with Gasteiger partial charge in [-0.05, 0) is 23.3 Å². The minimum atomic E-state index is 0. The molecule has 2 heteroatoms. The van der Waals surface area contributed by atoms with E-state index >= 15 is 0 Å². The number of fused-ring (bicyclic) bond motifs is 2. The van der Waals surface area contributed by atoms with Gasteiger partial charge in [-0.2, -0.15) is 9.90 Å². The Hall–Kier alpha value is -1.33. The first kappa shape index (κ1) is 10.2. The monoisotopic (exact) mass is 216 g/mol. The molecule has 76 valence electrons. The summed E-state index contributed by atoms with van der Waals surface area (Å²) in [5.41, 5.74) is 2.54. The second kappa shape index (κ2) is 4.04. The Balaban J connectivity index is 0.000000853. The summed E-state index contributed by atoms with van der Waals surface area (Å²) in [6.45, 7) is 0. The van der Waals surface area contributed by atoms with Crippen molar-refractivity contribution in [1.29, 1.82) is 0 Å². The van der Waals surface area contributed by atoms with Crippen LogP contribution in [0.4, 0.5) is 0 Å². The number of para-hydroxylation sites is 2. The summed E-state index contributed by atoms with van der Waals surface area (Å²) in [4.78, 5) is 0. The molecule has 0 fully saturated rings. The van der Waals surface area contributed by atoms with Crippen LogP contribution < -0.4 is 4.74 Å². The molecule has 1 aliphatic rings. The van der Waals surface area contributed by atoms with Gasteiger partial charge >= 0.3 is 0 Å². The second-order valence-electron chi connectivity index (χ2n) is 3.49. The summed E-state index contributed by atoms with van der Waals surface area (Å²) < 4.78 is 5.78. The summed E-state index contributed by atoms with van der Waals surface area (Å²) in [5.74, 6) is 1.98. The Morgan fingerprint density at radius 1 is 0.733 bits per heavy atom. The van der Waals surface area contributed by atoms with Crippen LogP contribution in [0.1, 0.15) is 11.1 Å². The van der Waals surface area contributed by atoms with Gasteiger partial charge < -0.3 is 4.74 Å². The van der Waals surface area contributed by atoms with Crippen LogP contribution in [0, 0.1) is 0 Å². The van der Waals surface area contributed by atoms with Gasteiger partial charge in [0.15, 0.2) is 0 Å². The molecule has 1 unspecified atom stereocenters. The van der Waals surface area contributed by atoms with E-state index in [2.05, 4.69) is 24.3 Å². The van der Waals surface area contributed by atoms with Gasteiger partial charge in [-0.3, -0.25) is 0 Å². The number of hydrogen-bond acceptors (Lipinski definition) is 1. The quantitative estimate of drug-likeness (QED) is 0.523. The van der Waals surface area contributed by atoms with Crippen molar-refractivity contribution in [1.82, 2.24) is 0 Å². The van der Waals surface area contributed by atoms with E-state index in [1.54, 1.807) is 0 Å². The Bertz CT molecular complexity index is 392. The molecule has 1 aliphatic heterocycles. The van der Waals surface area contributed by atoms with Crippen LogP contribution in [0.25, 0.3) is 0 Å². The lowest BCUT2D eigenvalue weighted by atomic mass is 10.0. The predicted molar refractivity (Wildman–Crippen MR) is 66.9 cm³/mol. The second-order valence-corrected chi connectivity index (χ2v) is 3.49. The van der Waals surface area contributed by atoms with Gasteiger partial charge in [0, 0.05) is 6.42 Å². The molecule has 0 saturated carbocycles. The zero-order valence-electron chi connectivity index (χ0n) is 8.44. The van der Waals surface area contributed by atoms with Crippen LogP contribution in [0.15, 0.2) is 48.5 Å². The molecule has 1 nitrogen and oxygen atoms in total. The van der Waals surface area contributed by atoms with Crippen LogP contribution in [0.3, 0.4) is 0 Å². The highest BCUT2D eigenvalue weighted by Crippen LogP contribution is 2.35. The highest BCUT2D eigenvalue weighted by atomic mass is 31.0. The maximum Gasteiger partial charge on any atom is 0.130 e. The van der Waals surface area contributed by atoms with E-state index in [1.807, 2.05) is 24.3 Å². The molecule has 0 N–H and O–H groups in total. The van der Waals surface area contributed by atoms with Gasteiger partial charge in [0.25, 0.3) is 0 Å². The summed E-state index contributed by atoms with van der Waals surface area (Å²) in [7, 11) is 0. The summed E-state index contributed by atoms with van der Waals surface area (Å²) in [5, 5.41) is 0. The molecule has 0 aromatic heterocycles. The van der Waals surface area contributed by atoms with Crippen molar-refractivity contribution >= 4 is 9.90 Å². The first-order valence-electron chi connectivity index (χ1n) is 4.77. The average Bonchev–Trinajstić information content (AvgIpc) is 2.26. The molecule has 0 amide bonds. The van der Waals surface area contributed by atoms with E-state index in [-0.39, 0.29) is 9.90 Å². The van der Waals surface area contributed by atoms with E-state index in [1.165, 1.54) is 11.1 Å². The average molecular weight is 216 g/mol. The van der Waals surface area contributed by atoms with Crippen molar-refractivity contribution in [3.63, 3.8) is 0 Å². The highest BCUT2D eigenvalue weighted by Gasteiger charge is 2.14. The molecule has 15 heavy (non-hydrogen) atoms. The van der Waals surface area contributed by atoms with Gasteiger partial charge in [-0.15, -0.1) is 0 Å². The zero-order chi connectivity index (χ0) is 9.38. The Kier molecular flexibility index (Phi) is 2.75. The lowest BCUT2D eigenvalue weighted by molar-refractivity contribution is 0.460. The smallest absolute Gasteiger partial charge is 0.130 e.